The van der Waals surface area contributed by atoms with Crippen LogP contribution in [0.15, 0.2) is 53.5 Å². The summed E-state index contributed by atoms with van der Waals surface area (Å²) in [6.45, 7) is 5.99. The fraction of sp³-hybridized carbons (Fsp3) is 0.211. The number of rotatable bonds is 1. The maximum atomic E-state index is 13.4. The molecule has 0 spiro atoms. The Bertz CT molecular complexity index is 698. The molecule has 0 aliphatic carbocycles. The van der Waals surface area contributed by atoms with E-state index in [-0.39, 0.29) is 11.4 Å². The van der Waals surface area contributed by atoms with E-state index in [4.69, 9.17) is 0 Å². The molecule has 0 radical (unpaired) electrons. The molecule has 0 unspecified atom stereocenters. The van der Waals surface area contributed by atoms with Gasteiger partial charge in [0.1, 0.15) is 5.82 Å². The number of halogens is 1. The van der Waals surface area contributed by atoms with E-state index in [1.807, 2.05) is 51.1 Å². The average molecular weight is 279 g/mol. The molecule has 0 amide bonds. The summed E-state index contributed by atoms with van der Waals surface area (Å²) >= 11 is 0. The first-order valence-corrected chi connectivity index (χ1v) is 6.86. The molecule has 0 aromatic heterocycles. The Balaban J connectivity index is 2.36. The molecular formula is C19H18FN. The minimum Gasteiger partial charge on any atom is -0.287 e. The van der Waals surface area contributed by atoms with E-state index in [0.29, 0.717) is 5.56 Å². The third-order valence-electron chi connectivity index (χ3n) is 2.72. The highest BCUT2D eigenvalue weighted by atomic mass is 19.1. The Hall–Kier alpha value is -2.40. The monoisotopic (exact) mass is 279 g/mol. The topological polar surface area (TPSA) is 12.4 Å². The highest BCUT2D eigenvalue weighted by Crippen LogP contribution is 2.12. The van der Waals surface area contributed by atoms with Crippen LogP contribution >= 0.6 is 0 Å². The Labute approximate surface area is 125 Å². The van der Waals surface area contributed by atoms with Crippen LogP contribution in [-0.2, 0) is 0 Å². The lowest BCUT2D eigenvalue weighted by molar-refractivity contribution is 0.586. The number of hydrogen-bond donors (Lipinski definition) is 0. The van der Waals surface area contributed by atoms with Crippen molar-refractivity contribution in [3.05, 3.63) is 71.0 Å². The average Bonchev–Trinajstić information content (AvgIpc) is 2.44. The summed E-state index contributed by atoms with van der Waals surface area (Å²) in [5.41, 5.74) is 2.21. The first-order valence-electron chi connectivity index (χ1n) is 6.86. The van der Waals surface area contributed by atoms with Crippen LogP contribution in [0, 0.1) is 17.7 Å². The van der Waals surface area contributed by atoms with Crippen LogP contribution in [0.1, 0.15) is 37.5 Å². The Morgan fingerprint density at radius 1 is 1.00 bits per heavy atom. The third kappa shape index (κ3) is 4.89. The first kappa shape index (κ1) is 15.0. The minimum atomic E-state index is -0.282. The van der Waals surface area contributed by atoms with Crippen LogP contribution in [-0.4, -0.2) is 11.8 Å². The largest absolute Gasteiger partial charge is 0.287 e. The normalized spacial score (nSPS) is 11.2. The second-order valence-electron chi connectivity index (χ2n) is 5.78. The molecule has 106 valence electrons. The van der Waals surface area contributed by atoms with Crippen molar-refractivity contribution < 1.29 is 4.39 Å². The summed E-state index contributed by atoms with van der Waals surface area (Å²) in [6, 6.07) is 14.3. The van der Waals surface area contributed by atoms with Gasteiger partial charge in [0, 0.05) is 22.9 Å². The summed E-state index contributed by atoms with van der Waals surface area (Å²) in [5.74, 6) is 5.89. The van der Waals surface area contributed by atoms with Gasteiger partial charge in [-0.3, -0.25) is 4.99 Å². The van der Waals surface area contributed by atoms with Crippen molar-refractivity contribution in [2.45, 2.75) is 26.3 Å². The van der Waals surface area contributed by atoms with E-state index in [0.717, 1.165) is 11.1 Å². The minimum absolute atomic E-state index is 0.198. The van der Waals surface area contributed by atoms with Gasteiger partial charge in [0.05, 0.1) is 5.54 Å². The zero-order chi connectivity index (χ0) is 15.3. The molecule has 1 nitrogen and oxygen atoms in total. The SMILES string of the molecule is CC(C)(C)N=Cc1cc(F)ccc1C#Cc1ccccc1. The van der Waals surface area contributed by atoms with Gasteiger partial charge in [-0.25, -0.2) is 4.39 Å². The maximum absolute atomic E-state index is 13.4. The summed E-state index contributed by atoms with van der Waals surface area (Å²) in [6.07, 6.45) is 1.69. The van der Waals surface area contributed by atoms with Gasteiger partial charge in [0.15, 0.2) is 0 Å². The predicted molar refractivity (Wildman–Crippen MR) is 86.2 cm³/mol. The fourth-order valence-electron chi connectivity index (χ4n) is 1.68. The van der Waals surface area contributed by atoms with Crippen molar-refractivity contribution in [1.82, 2.24) is 0 Å². The van der Waals surface area contributed by atoms with E-state index in [1.165, 1.54) is 12.1 Å². The lowest BCUT2D eigenvalue weighted by atomic mass is 10.1. The van der Waals surface area contributed by atoms with Gasteiger partial charge in [-0.2, -0.15) is 0 Å². The van der Waals surface area contributed by atoms with Crippen LogP contribution in [0.4, 0.5) is 4.39 Å². The number of aliphatic imine (C=N–C) groups is 1. The van der Waals surface area contributed by atoms with Gasteiger partial charge in [0.2, 0.25) is 0 Å². The Kier molecular flexibility index (Phi) is 4.55. The molecular weight excluding hydrogens is 261 g/mol. The van der Waals surface area contributed by atoms with Crippen LogP contribution in [0.3, 0.4) is 0 Å². The number of nitrogens with zero attached hydrogens (tertiary/aromatic N) is 1. The van der Waals surface area contributed by atoms with Crippen molar-refractivity contribution in [2.75, 3.05) is 0 Å². The first-order chi connectivity index (χ1) is 9.94. The maximum Gasteiger partial charge on any atom is 0.123 e. The third-order valence-corrected chi connectivity index (χ3v) is 2.72. The molecule has 0 bridgehead atoms. The van der Waals surface area contributed by atoms with Crippen molar-refractivity contribution in [2.24, 2.45) is 4.99 Å². The van der Waals surface area contributed by atoms with Gasteiger partial charge in [-0.15, -0.1) is 0 Å². The molecule has 21 heavy (non-hydrogen) atoms. The summed E-state index contributed by atoms with van der Waals surface area (Å²) in [4.78, 5) is 4.42. The number of benzene rings is 2. The van der Waals surface area contributed by atoms with Crippen molar-refractivity contribution in [3.63, 3.8) is 0 Å². The van der Waals surface area contributed by atoms with Crippen LogP contribution in [0.2, 0.25) is 0 Å². The van der Waals surface area contributed by atoms with E-state index in [1.54, 1.807) is 12.3 Å². The zero-order valence-electron chi connectivity index (χ0n) is 12.5. The summed E-state index contributed by atoms with van der Waals surface area (Å²) in [7, 11) is 0. The molecule has 0 saturated carbocycles. The van der Waals surface area contributed by atoms with E-state index < -0.39 is 0 Å². The van der Waals surface area contributed by atoms with Crippen molar-refractivity contribution >= 4 is 6.21 Å². The fourth-order valence-corrected chi connectivity index (χ4v) is 1.68. The standard InChI is InChI=1S/C19H18FN/c1-19(2,3)21-14-17-13-18(20)12-11-16(17)10-9-15-7-5-4-6-8-15/h4-8,11-14H,1-3H3. The molecule has 0 fully saturated rings. The molecule has 0 N–H and O–H groups in total. The number of hydrogen-bond acceptors (Lipinski definition) is 1. The van der Waals surface area contributed by atoms with Crippen LogP contribution < -0.4 is 0 Å². The summed E-state index contributed by atoms with van der Waals surface area (Å²) < 4.78 is 13.4. The highest BCUT2D eigenvalue weighted by molar-refractivity contribution is 5.84. The van der Waals surface area contributed by atoms with E-state index in [9.17, 15) is 4.39 Å². The molecule has 0 saturated heterocycles. The molecule has 2 aromatic carbocycles. The van der Waals surface area contributed by atoms with Crippen molar-refractivity contribution in [1.29, 1.82) is 0 Å². The molecule has 0 aliphatic heterocycles. The second-order valence-corrected chi connectivity index (χ2v) is 5.78. The molecule has 2 heteroatoms. The van der Waals surface area contributed by atoms with E-state index >= 15 is 0 Å². The van der Waals surface area contributed by atoms with Gasteiger partial charge in [0.25, 0.3) is 0 Å². The van der Waals surface area contributed by atoms with Crippen LogP contribution in [0.25, 0.3) is 0 Å². The lowest BCUT2D eigenvalue weighted by Gasteiger charge is -2.11. The van der Waals surface area contributed by atoms with Crippen molar-refractivity contribution in [3.8, 4) is 11.8 Å². The Morgan fingerprint density at radius 2 is 1.71 bits per heavy atom. The Morgan fingerprint density at radius 3 is 2.38 bits per heavy atom. The molecule has 0 heterocycles. The van der Waals surface area contributed by atoms with Gasteiger partial charge < -0.3 is 0 Å². The lowest BCUT2D eigenvalue weighted by Crippen LogP contribution is -2.10. The highest BCUT2D eigenvalue weighted by Gasteiger charge is 2.06. The van der Waals surface area contributed by atoms with E-state index in [2.05, 4.69) is 16.8 Å². The molecule has 2 rings (SSSR count). The molecule has 0 atom stereocenters. The van der Waals surface area contributed by atoms with Gasteiger partial charge >= 0.3 is 0 Å². The van der Waals surface area contributed by atoms with Gasteiger partial charge in [-0.1, -0.05) is 30.0 Å². The second kappa shape index (κ2) is 6.37. The smallest absolute Gasteiger partial charge is 0.123 e. The van der Waals surface area contributed by atoms with Crippen LogP contribution in [0.5, 0.6) is 0 Å². The van der Waals surface area contributed by atoms with Gasteiger partial charge in [-0.05, 0) is 51.1 Å². The molecule has 2 aromatic rings. The predicted octanol–water partition coefficient (Wildman–Crippen LogP) is 4.44. The molecule has 0 aliphatic rings. The quantitative estimate of drug-likeness (QED) is 0.540. The zero-order valence-corrected chi connectivity index (χ0v) is 12.5. The summed E-state index contributed by atoms with van der Waals surface area (Å²) in [5, 5.41) is 0.